The minimum Gasteiger partial charge on any atom is -0.480 e. The molecule has 7 nitrogen and oxygen atoms in total. The third kappa shape index (κ3) is 6.99. The van der Waals surface area contributed by atoms with Crippen molar-refractivity contribution in [1.82, 2.24) is 15.6 Å². The second kappa shape index (κ2) is 8.04. The van der Waals surface area contributed by atoms with E-state index >= 15 is 0 Å². The second-order valence-corrected chi connectivity index (χ2v) is 3.83. The summed E-state index contributed by atoms with van der Waals surface area (Å²) in [7, 11) is 0. The van der Waals surface area contributed by atoms with Gasteiger partial charge in [0.15, 0.2) is 0 Å². The van der Waals surface area contributed by atoms with E-state index in [0.29, 0.717) is 6.54 Å². The first-order valence-electron chi connectivity index (χ1n) is 5.81. The van der Waals surface area contributed by atoms with Crippen LogP contribution >= 0.6 is 0 Å². The van der Waals surface area contributed by atoms with Gasteiger partial charge in [0, 0.05) is 12.2 Å². The van der Waals surface area contributed by atoms with Crippen molar-refractivity contribution in [1.29, 1.82) is 0 Å². The number of urea groups is 1. The molecule has 0 saturated carbocycles. The molecular weight excluding hydrogens is 250 g/mol. The molecule has 0 aromatic carbocycles. The van der Waals surface area contributed by atoms with Gasteiger partial charge in [0.2, 0.25) is 0 Å². The maximum absolute atomic E-state index is 11.4. The lowest BCUT2D eigenvalue weighted by Gasteiger charge is -2.07. The van der Waals surface area contributed by atoms with Gasteiger partial charge in [0.1, 0.15) is 6.61 Å². The summed E-state index contributed by atoms with van der Waals surface area (Å²) in [5.41, 5.74) is 1.67. The van der Waals surface area contributed by atoms with Crippen LogP contribution < -0.4 is 10.6 Å². The van der Waals surface area contributed by atoms with E-state index in [9.17, 15) is 9.59 Å². The molecule has 7 heteroatoms. The fourth-order valence-electron chi connectivity index (χ4n) is 1.33. The van der Waals surface area contributed by atoms with Gasteiger partial charge in [-0.1, -0.05) is 6.07 Å². The number of hydrogen-bond acceptors (Lipinski definition) is 4. The lowest BCUT2D eigenvalue weighted by molar-refractivity contribution is -0.142. The SMILES string of the molecule is Cc1cccc(CNC(=O)NCCOCC(=O)O)n1. The topological polar surface area (TPSA) is 101 Å². The Hall–Kier alpha value is -2.15. The average molecular weight is 267 g/mol. The first-order valence-corrected chi connectivity index (χ1v) is 5.81. The van der Waals surface area contributed by atoms with Crippen LogP contribution in [-0.4, -0.2) is 41.8 Å². The summed E-state index contributed by atoms with van der Waals surface area (Å²) in [6, 6.07) is 5.23. The smallest absolute Gasteiger partial charge is 0.329 e. The molecule has 0 atom stereocenters. The first-order chi connectivity index (χ1) is 9.08. The molecule has 0 aliphatic rings. The van der Waals surface area contributed by atoms with Crippen LogP contribution in [0.3, 0.4) is 0 Å². The van der Waals surface area contributed by atoms with Crippen LogP contribution in [0.2, 0.25) is 0 Å². The van der Waals surface area contributed by atoms with Gasteiger partial charge in [0.05, 0.1) is 18.8 Å². The minimum absolute atomic E-state index is 0.155. The molecule has 0 radical (unpaired) electrons. The molecule has 19 heavy (non-hydrogen) atoms. The Morgan fingerprint density at radius 2 is 2.16 bits per heavy atom. The molecule has 1 aromatic heterocycles. The Balaban J connectivity index is 2.13. The van der Waals surface area contributed by atoms with Gasteiger partial charge in [0.25, 0.3) is 0 Å². The van der Waals surface area contributed by atoms with Crippen LogP contribution in [0.5, 0.6) is 0 Å². The molecule has 0 spiro atoms. The number of carbonyl (C=O) groups excluding carboxylic acids is 1. The third-order valence-corrected chi connectivity index (χ3v) is 2.13. The molecule has 1 aromatic rings. The minimum atomic E-state index is -1.03. The Bertz CT molecular complexity index is 437. The summed E-state index contributed by atoms with van der Waals surface area (Å²) < 4.78 is 4.77. The van der Waals surface area contributed by atoms with Crippen LogP contribution in [0.4, 0.5) is 4.79 Å². The maximum atomic E-state index is 11.4. The Morgan fingerprint density at radius 3 is 2.84 bits per heavy atom. The number of carboxylic acid groups (broad SMARTS) is 1. The fraction of sp³-hybridized carbons (Fsp3) is 0.417. The maximum Gasteiger partial charge on any atom is 0.329 e. The van der Waals surface area contributed by atoms with Gasteiger partial charge < -0.3 is 20.5 Å². The third-order valence-electron chi connectivity index (χ3n) is 2.13. The van der Waals surface area contributed by atoms with Gasteiger partial charge >= 0.3 is 12.0 Å². The van der Waals surface area contributed by atoms with Crippen LogP contribution in [0, 0.1) is 6.92 Å². The average Bonchev–Trinajstić information content (AvgIpc) is 2.35. The summed E-state index contributed by atoms with van der Waals surface area (Å²) in [5, 5.41) is 13.5. The number of rotatable bonds is 7. The zero-order valence-electron chi connectivity index (χ0n) is 10.7. The highest BCUT2D eigenvalue weighted by Crippen LogP contribution is 1.96. The summed E-state index contributed by atoms with van der Waals surface area (Å²) in [4.78, 5) is 25.8. The van der Waals surface area contributed by atoms with E-state index in [2.05, 4.69) is 15.6 Å². The highest BCUT2D eigenvalue weighted by molar-refractivity contribution is 5.73. The monoisotopic (exact) mass is 267 g/mol. The molecule has 3 N–H and O–H groups in total. The van der Waals surface area contributed by atoms with Crippen LogP contribution in [-0.2, 0) is 16.1 Å². The normalized spacial score (nSPS) is 9.95. The molecule has 1 heterocycles. The van der Waals surface area contributed by atoms with E-state index in [0.717, 1.165) is 11.4 Å². The van der Waals surface area contributed by atoms with E-state index in [4.69, 9.17) is 9.84 Å². The molecule has 0 saturated heterocycles. The molecule has 0 unspecified atom stereocenters. The van der Waals surface area contributed by atoms with Crippen LogP contribution in [0.25, 0.3) is 0 Å². The number of hydrogen-bond donors (Lipinski definition) is 3. The van der Waals surface area contributed by atoms with Crippen molar-refractivity contribution in [2.24, 2.45) is 0 Å². The van der Waals surface area contributed by atoms with Gasteiger partial charge in [-0.2, -0.15) is 0 Å². The predicted molar refractivity (Wildman–Crippen MR) is 67.7 cm³/mol. The van der Waals surface area contributed by atoms with E-state index < -0.39 is 5.97 Å². The highest BCUT2D eigenvalue weighted by atomic mass is 16.5. The standard InChI is InChI=1S/C12H17N3O4/c1-9-3-2-4-10(15-9)7-14-12(18)13-5-6-19-8-11(16)17/h2-4H,5-8H2,1H3,(H,16,17)(H2,13,14,18). The Kier molecular flexibility index (Phi) is 6.31. The molecule has 2 amide bonds. The fourth-order valence-corrected chi connectivity index (χ4v) is 1.33. The van der Waals surface area contributed by atoms with Crippen molar-refractivity contribution in [2.45, 2.75) is 13.5 Å². The number of nitrogens with zero attached hydrogens (tertiary/aromatic N) is 1. The number of carbonyl (C=O) groups is 2. The molecule has 1 rings (SSSR count). The summed E-state index contributed by atoms with van der Waals surface area (Å²) in [6.07, 6.45) is 0. The van der Waals surface area contributed by atoms with Crippen molar-refractivity contribution in [3.8, 4) is 0 Å². The zero-order chi connectivity index (χ0) is 14.1. The number of aliphatic carboxylic acids is 1. The summed E-state index contributed by atoms with van der Waals surface area (Å²) in [6.45, 7) is 2.26. The highest BCUT2D eigenvalue weighted by Gasteiger charge is 2.01. The van der Waals surface area contributed by atoms with Gasteiger partial charge in [-0.3, -0.25) is 4.98 Å². The van der Waals surface area contributed by atoms with Gasteiger partial charge in [-0.05, 0) is 19.1 Å². The van der Waals surface area contributed by atoms with Crippen molar-refractivity contribution in [3.05, 3.63) is 29.6 Å². The number of pyridine rings is 1. The summed E-state index contributed by atoms with van der Waals surface area (Å²) in [5.74, 6) is -1.03. The van der Waals surface area contributed by atoms with Crippen molar-refractivity contribution < 1.29 is 19.4 Å². The van der Waals surface area contributed by atoms with E-state index in [1.807, 2.05) is 25.1 Å². The lowest BCUT2D eigenvalue weighted by Crippen LogP contribution is -2.37. The number of amides is 2. The van der Waals surface area contributed by atoms with Gasteiger partial charge in [-0.25, -0.2) is 9.59 Å². The lowest BCUT2D eigenvalue weighted by atomic mass is 10.3. The van der Waals surface area contributed by atoms with E-state index in [1.54, 1.807) is 0 Å². The molecule has 0 aliphatic heterocycles. The van der Waals surface area contributed by atoms with Crippen molar-refractivity contribution in [2.75, 3.05) is 19.8 Å². The van der Waals surface area contributed by atoms with E-state index in [-0.39, 0.29) is 25.8 Å². The Labute approximate surface area is 111 Å². The predicted octanol–water partition coefficient (Wildman–Crippen LogP) is 0.290. The largest absolute Gasteiger partial charge is 0.480 e. The van der Waals surface area contributed by atoms with Crippen LogP contribution in [0.15, 0.2) is 18.2 Å². The number of ether oxygens (including phenoxy) is 1. The first kappa shape index (κ1) is 14.9. The molecule has 104 valence electrons. The number of carboxylic acids is 1. The van der Waals surface area contributed by atoms with Crippen LogP contribution in [0.1, 0.15) is 11.4 Å². The van der Waals surface area contributed by atoms with Gasteiger partial charge in [-0.15, -0.1) is 0 Å². The zero-order valence-corrected chi connectivity index (χ0v) is 10.7. The Morgan fingerprint density at radius 1 is 1.37 bits per heavy atom. The molecule has 0 bridgehead atoms. The molecule has 0 aliphatic carbocycles. The molecular formula is C12H17N3O4. The van der Waals surface area contributed by atoms with Crippen molar-refractivity contribution >= 4 is 12.0 Å². The molecule has 0 fully saturated rings. The van der Waals surface area contributed by atoms with E-state index in [1.165, 1.54) is 0 Å². The number of aryl methyl sites for hydroxylation is 1. The van der Waals surface area contributed by atoms with Crippen molar-refractivity contribution in [3.63, 3.8) is 0 Å². The number of nitrogens with one attached hydrogen (secondary N) is 2. The quantitative estimate of drug-likeness (QED) is 0.616. The second-order valence-electron chi connectivity index (χ2n) is 3.83. The summed E-state index contributed by atoms with van der Waals surface area (Å²) >= 11 is 0. The number of aromatic nitrogens is 1.